The Hall–Kier alpha value is -3.10. The average molecular weight is 419 g/mol. The Morgan fingerprint density at radius 3 is 2.40 bits per heavy atom. The van der Waals surface area contributed by atoms with E-state index in [0.29, 0.717) is 13.0 Å². The van der Waals surface area contributed by atoms with Gasteiger partial charge in [0.15, 0.2) is 0 Å². The van der Waals surface area contributed by atoms with Crippen molar-refractivity contribution in [3.8, 4) is 0 Å². The molecule has 1 unspecified atom stereocenters. The van der Waals surface area contributed by atoms with E-state index in [2.05, 4.69) is 5.32 Å². The molecule has 1 aromatic rings. The van der Waals surface area contributed by atoms with Crippen LogP contribution in [0.15, 0.2) is 30.3 Å². The number of imide groups is 1. The lowest BCUT2D eigenvalue weighted by Gasteiger charge is -2.27. The second kappa shape index (κ2) is 9.60. The van der Waals surface area contributed by atoms with Crippen LogP contribution in [0.3, 0.4) is 0 Å². The number of likely N-dealkylation sites (tertiary alicyclic amines) is 1. The minimum atomic E-state index is -0.862. The van der Waals surface area contributed by atoms with Crippen LogP contribution in [0.5, 0.6) is 0 Å². The lowest BCUT2D eigenvalue weighted by molar-refractivity contribution is -0.124. The standard InChI is InChI=1S/C21H29N3O6/c1-20(2,3)30-18(27)23-17(26)12-21(11-16(22)25)9-10-24(14-21)19(28)29-13-15-7-5-4-6-8-15/h4-8H,9-14H2,1-3H3,(H2,22,25)(H,23,26,27). The number of hydrogen-bond donors (Lipinski definition) is 2. The number of ether oxygens (including phenoxy) is 2. The summed E-state index contributed by atoms with van der Waals surface area (Å²) in [5.41, 5.74) is 4.62. The molecule has 0 bridgehead atoms. The number of alkyl carbamates (subject to hydrolysis) is 1. The van der Waals surface area contributed by atoms with E-state index in [-0.39, 0.29) is 26.0 Å². The Morgan fingerprint density at radius 2 is 1.80 bits per heavy atom. The molecule has 4 amide bonds. The van der Waals surface area contributed by atoms with Crippen LogP contribution in [0.4, 0.5) is 9.59 Å². The Bertz CT molecular complexity index is 790. The SMILES string of the molecule is CC(C)(C)OC(=O)NC(=O)CC1(CC(N)=O)CCN(C(=O)OCc2ccccc2)C1. The van der Waals surface area contributed by atoms with Gasteiger partial charge in [0.1, 0.15) is 12.2 Å². The zero-order valence-corrected chi connectivity index (χ0v) is 17.6. The smallest absolute Gasteiger partial charge is 0.414 e. The molecule has 1 aliphatic heterocycles. The van der Waals surface area contributed by atoms with Gasteiger partial charge in [0, 0.05) is 31.3 Å². The number of nitrogens with one attached hydrogen (secondary N) is 1. The largest absolute Gasteiger partial charge is 0.445 e. The molecule has 0 spiro atoms. The van der Waals surface area contributed by atoms with E-state index in [1.807, 2.05) is 30.3 Å². The summed E-state index contributed by atoms with van der Waals surface area (Å²) in [6.07, 6.45) is -1.23. The van der Waals surface area contributed by atoms with Crippen LogP contribution in [0.25, 0.3) is 0 Å². The quantitative estimate of drug-likeness (QED) is 0.728. The zero-order chi connectivity index (χ0) is 22.4. The van der Waals surface area contributed by atoms with Gasteiger partial charge in [-0.3, -0.25) is 14.9 Å². The lowest BCUT2D eigenvalue weighted by Crippen LogP contribution is -2.41. The van der Waals surface area contributed by atoms with E-state index in [1.165, 1.54) is 4.90 Å². The molecule has 1 aliphatic rings. The third-order valence-electron chi connectivity index (χ3n) is 4.63. The van der Waals surface area contributed by atoms with Crippen LogP contribution >= 0.6 is 0 Å². The van der Waals surface area contributed by atoms with Gasteiger partial charge in [0.25, 0.3) is 0 Å². The van der Waals surface area contributed by atoms with Crippen molar-refractivity contribution < 1.29 is 28.7 Å². The highest BCUT2D eigenvalue weighted by atomic mass is 16.6. The van der Waals surface area contributed by atoms with Crippen LogP contribution in [-0.4, -0.2) is 47.6 Å². The number of hydrogen-bond acceptors (Lipinski definition) is 6. The molecule has 1 saturated heterocycles. The van der Waals surface area contributed by atoms with Gasteiger partial charge in [-0.1, -0.05) is 30.3 Å². The average Bonchev–Trinajstić information content (AvgIpc) is 3.01. The highest BCUT2D eigenvalue weighted by Crippen LogP contribution is 2.37. The van der Waals surface area contributed by atoms with Crippen molar-refractivity contribution in [1.29, 1.82) is 0 Å². The number of carbonyl (C=O) groups is 4. The van der Waals surface area contributed by atoms with Crippen LogP contribution in [0.2, 0.25) is 0 Å². The third kappa shape index (κ3) is 7.38. The summed E-state index contributed by atoms with van der Waals surface area (Å²) in [7, 11) is 0. The second-order valence-corrected chi connectivity index (χ2v) is 8.58. The van der Waals surface area contributed by atoms with Gasteiger partial charge in [-0.25, -0.2) is 9.59 Å². The Morgan fingerprint density at radius 1 is 1.13 bits per heavy atom. The number of nitrogens with two attached hydrogens (primary N) is 1. The molecule has 1 aromatic carbocycles. The maximum Gasteiger partial charge on any atom is 0.414 e. The maximum atomic E-state index is 12.4. The van der Waals surface area contributed by atoms with E-state index in [9.17, 15) is 19.2 Å². The van der Waals surface area contributed by atoms with Crippen LogP contribution in [0.1, 0.15) is 45.6 Å². The van der Waals surface area contributed by atoms with Gasteiger partial charge in [-0.15, -0.1) is 0 Å². The lowest BCUT2D eigenvalue weighted by atomic mass is 9.79. The van der Waals surface area contributed by atoms with Crippen molar-refractivity contribution in [1.82, 2.24) is 10.2 Å². The molecule has 9 nitrogen and oxygen atoms in total. The summed E-state index contributed by atoms with van der Waals surface area (Å²) in [4.78, 5) is 49.7. The van der Waals surface area contributed by atoms with Gasteiger partial charge >= 0.3 is 12.2 Å². The normalized spacial score (nSPS) is 18.6. The Kier molecular flexibility index (Phi) is 7.42. The summed E-state index contributed by atoms with van der Waals surface area (Å²) >= 11 is 0. The summed E-state index contributed by atoms with van der Waals surface area (Å²) in [5, 5.41) is 2.17. The number of amides is 4. The molecule has 1 fully saturated rings. The van der Waals surface area contributed by atoms with Gasteiger partial charge in [0.2, 0.25) is 11.8 Å². The van der Waals surface area contributed by atoms with Crippen molar-refractivity contribution in [3.63, 3.8) is 0 Å². The minimum Gasteiger partial charge on any atom is -0.445 e. The van der Waals surface area contributed by atoms with E-state index in [4.69, 9.17) is 15.2 Å². The molecule has 0 aromatic heterocycles. The molecule has 0 aliphatic carbocycles. The number of rotatable bonds is 6. The highest BCUT2D eigenvalue weighted by molar-refractivity contribution is 5.92. The number of benzene rings is 1. The summed E-state index contributed by atoms with van der Waals surface area (Å²) in [6, 6.07) is 9.25. The first-order chi connectivity index (χ1) is 14.0. The molecular weight excluding hydrogens is 390 g/mol. The van der Waals surface area contributed by atoms with Gasteiger partial charge in [-0.05, 0) is 32.8 Å². The van der Waals surface area contributed by atoms with Crippen molar-refractivity contribution >= 4 is 24.0 Å². The predicted molar refractivity (Wildman–Crippen MR) is 108 cm³/mol. The van der Waals surface area contributed by atoms with Crippen molar-refractivity contribution in [3.05, 3.63) is 35.9 Å². The molecule has 3 N–H and O–H groups in total. The fourth-order valence-corrected chi connectivity index (χ4v) is 3.42. The highest BCUT2D eigenvalue weighted by Gasteiger charge is 2.43. The molecule has 1 atom stereocenters. The van der Waals surface area contributed by atoms with Crippen molar-refractivity contribution in [2.75, 3.05) is 13.1 Å². The van der Waals surface area contributed by atoms with Gasteiger partial charge in [0.05, 0.1) is 0 Å². The second-order valence-electron chi connectivity index (χ2n) is 8.58. The van der Waals surface area contributed by atoms with Crippen LogP contribution in [-0.2, 0) is 25.7 Å². The molecule has 0 saturated carbocycles. The summed E-state index contributed by atoms with van der Waals surface area (Å²) in [5.74, 6) is -1.18. The number of carbonyl (C=O) groups excluding carboxylic acids is 4. The van der Waals surface area contributed by atoms with E-state index in [0.717, 1.165) is 5.56 Å². The predicted octanol–water partition coefficient (Wildman–Crippen LogP) is 2.33. The van der Waals surface area contributed by atoms with Gasteiger partial charge < -0.3 is 20.1 Å². The van der Waals surface area contributed by atoms with Crippen LogP contribution in [0, 0.1) is 5.41 Å². The van der Waals surface area contributed by atoms with Crippen LogP contribution < -0.4 is 11.1 Å². The Labute approximate surface area is 175 Å². The molecule has 30 heavy (non-hydrogen) atoms. The third-order valence-corrected chi connectivity index (χ3v) is 4.63. The number of nitrogens with zero attached hydrogens (tertiary/aromatic N) is 1. The first kappa shape index (κ1) is 23.2. The molecule has 2 rings (SSSR count). The van der Waals surface area contributed by atoms with Crippen molar-refractivity contribution in [2.24, 2.45) is 11.1 Å². The fourth-order valence-electron chi connectivity index (χ4n) is 3.42. The van der Waals surface area contributed by atoms with Gasteiger partial charge in [-0.2, -0.15) is 0 Å². The van der Waals surface area contributed by atoms with E-state index < -0.39 is 35.0 Å². The molecule has 9 heteroatoms. The summed E-state index contributed by atoms with van der Waals surface area (Å²) in [6.45, 7) is 5.62. The minimum absolute atomic E-state index is 0.0861. The topological polar surface area (TPSA) is 128 Å². The fraction of sp³-hybridized carbons (Fsp3) is 0.524. The Balaban J connectivity index is 1.96. The molecular formula is C21H29N3O6. The monoisotopic (exact) mass is 419 g/mol. The summed E-state index contributed by atoms with van der Waals surface area (Å²) < 4.78 is 10.4. The van der Waals surface area contributed by atoms with E-state index >= 15 is 0 Å². The molecule has 1 heterocycles. The first-order valence-electron chi connectivity index (χ1n) is 9.75. The van der Waals surface area contributed by atoms with E-state index in [1.54, 1.807) is 20.8 Å². The first-order valence-corrected chi connectivity index (χ1v) is 9.75. The zero-order valence-electron chi connectivity index (χ0n) is 17.6. The van der Waals surface area contributed by atoms with Crippen molar-refractivity contribution in [2.45, 2.75) is 52.2 Å². The molecule has 164 valence electrons. The number of primary amides is 1. The molecule has 0 radical (unpaired) electrons. The maximum absolute atomic E-state index is 12.4.